The number of amides is 1. The van der Waals surface area contributed by atoms with Crippen molar-refractivity contribution in [2.45, 2.75) is 71.4 Å². The van der Waals surface area contributed by atoms with Gasteiger partial charge in [0.2, 0.25) is 0 Å². The number of H-pyrrole nitrogens is 1. The fourth-order valence-electron chi connectivity index (χ4n) is 4.91. The van der Waals surface area contributed by atoms with E-state index in [1.54, 1.807) is 6.20 Å². The van der Waals surface area contributed by atoms with Gasteiger partial charge in [-0.3, -0.25) is 4.98 Å². The summed E-state index contributed by atoms with van der Waals surface area (Å²) in [6.45, 7) is 10.7. The van der Waals surface area contributed by atoms with Crippen LogP contribution in [0.1, 0.15) is 63.1 Å². The molecule has 1 aromatic carbocycles. The van der Waals surface area contributed by atoms with E-state index in [4.69, 9.17) is 4.74 Å². The highest BCUT2D eigenvalue weighted by Crippen LogP contribution is 2.31. The number of ether oxygens (including phenoxy) is 1. The molecule has 37 heavy (non-hydrogen) atoms. The first-order chi connectivity index (χ1) is 17.7. The first kappa shape index (κ1) is 26.5. The maximum atomic E-state index is 12.0. The van der Waals surface area contributed by atoms with Crippen LogP contribution in [-0.2, 0) is 11.2 Å². The molecule has 0 aliphatic carbocycles. The Labute approximate surface area is 219 Å². The molecule has 1 aliphatic heterocycles. The summed E-state index contributed by atoms with van der Waals surface area (Å²) in [5, 5.41) is 17.4. The van der Waals surface area contributed by atoms with Crippen molar-refractivity contribution in [2.24, 2.45) is 0 Å². The van der Waals surface area contributed by atoms with E-state index >= 15 is 0 Å². The molecule has 196 valence electrons. The lowest BCUT2D eigenvalue weighted by molar-refractivity contribution is 0.0479. The minimum Gasteiger partial charge on any atom is -0.444 e. The lowest BCUT2D eigenvalue weighted by Crippen LogP contribution is -2.46. The first-order valence-electron chi connectivity index (χ1n) is 13.2. The van der Waals surface area contributed by atoms with Crippen molar-refractivity contribution in [1.29, 1.82) is 5.26 Å². The number of piperidine rings is 1. The van der Waals surface area contributed by atoms with Crippen LogP contribution in [0.25, 0.3) is 10.9 Å². The Bertz CT molecular complexity index is 1260. The molecule has 0 saturated carbocycles. The smallest absolute Gasteiger partial charge is 0.407 e. The second kappa shape index (κ2) is 11.7. The molecule has 0 spiro atoms. The van der Waals surface area contributed by atoms with E-state index in [0.29, 0.717) is 5.56 Å². The number of alkyl carbamates (subject to hydrolysis) is 1. The van der Waals surface area contributed by atoms with E-state index in [-0.39, 0.29) is 12.1 Å². The third-order valence-corrected chi connectivity index (χ3v) is 6.89. The number of nitrogens with one attached hydrogen (secondary N) is 3. The quantitative estimate of drug-likeness (QED) is 0.336. The number of hydrogen-bond donors (Lipinski definition) is 3. The highest BCUT2D eigenvalue weighted by Gasteiger charge is 2.23. The lowest BCUT2D eigenvalue weighted by Gasteiger charge is -2.32. The summed E-state index contributed by atoms with van der Waals surface area (Å²) in [6.07, 6.45) is 9.93. The van der Waals surface area contributed by atoms with Gasteiger partial charge in [0.15, 0.2) is 0 Å². The van der Waals surface area contributed by atoms with E-state index in [9.17, 15) is 10.1 Å². The number of benzene rings is 1. The number of fused-ring (bicyclic) bond motifs is 1. The van der Waals surface area contributed by atoms with Gasteiger partial charge in [0.1, 0.15) is 11.7 Å². The Morgan fingerprint density at radius 3 is 2.73 bits per heavy atom. The van der Waals surface area contributed by atoms with Gasteiger partial charge in [0, 0.05) is 54.3 Å². The summed E-state index contributed by atoms with van der Waals surface area (Å²) in [5.41, 5.74) is 5.25. The molecule has 0 radical (unpaired) electrons. The summed E-state index contributed by atoms with van der Waals surface area (Å²) < 4.78 is 5.38. The normalized spacial score (nSPS) is 14.9. The summed E-state index contributed by atoms with van der Waals surface area (Å²) in [4.78, 5) is 22.1. The van der Waals surface area contributed by atoms with Gasteiger partial charge in [-0.05, 0) is 95.7 Å². The zero-order chi connectivity index (χ0) is 26.4. The van der Waals surface area contributed by atoms with Crippen molar-refractivity contribution in [3.05, 3.63) is 53.5 Å². The number of hydrogen-bond acceptors (Lipinski definition) is 6. The number of aromatic amines is 1. The van der Waals surface area contributed by atoms with Crippen molar-refractivity contribution >= 4 is 28.4 Å². The Morgan fingerprint density at radius 2 is 2.00 bits per heavy atom. The molecule has 3 aromatic rings. The van der Waals surface area contributed by atoms with Gasteiger partial charge in [0.05, 0.1) is 11.3 Å². The Kier molecular flexibility index (Phi) is 8.34. The molecule has 0 bridgehead atoms. The van der Waals surface area contributed by atoms with Crippen LogP contribution in [0.5, 0.6) is 0 Å². The number of likely N-dealkylation sites (tertiary alicyclic amines) is 1. The van der Waals surface area contributed by atoms with Gasteiger partial charge in [-0.1, -0.05) is 0 Å². The van der Waals surface area contributed by atoms with E-state index in [0.717, 1.165) is 79.8 Å². The number of nitrogens with zero attached hydrogens (tertiary/aromatic N) is 3. The zero-order valence-corrected chi connectivity index (χ0v) is 22.4. The number of aryl methyl sites for hydroxylation is 2. The summed E-state index contributed by atoms with van der Waals surface area (Å²) in [7, 11) is 0. The molecule has 8 nitrogen and oxygen atoms in total. The van der Waals surface area contributed by atoms with Crippen molar-refractivity contribution in [1.82, 2.24) is 20.2 Å². The molecular formula is C29H38N6O2. The molecular weight excluding hydrogens is 464 g/mol. The monoisotopic (exact) mass is 502 g/mol. The average molecular weight is 503 g/mol. The number of carbonyl (C=O) groups excluding carboxylic acids is 1. The number of rotatable bonds is 8. The van der Waals surface area contributed by atoms with Crippen molar-refractivity contribution < 1.29 is 9.53 Å². The van der Waals surface area contributed by atoms with Crippen LogP contribution in [0.4, 0.5) is 16.2 Å². The van der Waals surface area contributed by atoms with Crippen LogP contribution in [0, 0.1) is 18.3 Å². The molecule has 1 amide bonds. The van der Waals surface area contributed by atoms with Gasteiger partial charge < -0.3 is 25.3 Å². The lowest BCUT2D eigenvalue weighted by atomic mass is 10.0. The molecule has 3 heterocycles. The minimum atomic E-state index is -0.475. The molecule has 2 aromatic heterocycles. The minimum absolute atomic E-state index is 0.175. The molecule has 0 unspecified atom stereocenters. The Hall–Kier alpha value is -3.57. The number of anilines is 2. The van der Waals surface area contributed by atoms with Crippen LogP contribution < -0.4 is 10.6 Å². The molecule has 1 aliphatic rings. The average Bonchev–Trinajstić information content (AvgIpc) is 3.34. The van der Waals surface area contributed by atoms with E-state index in [1.807, 2.05) is 33.2 Å². The Balaban J connectivity index is 1.28. The van der Waals surface area contributed by atoms with Gasteiger partial charge in [0.25, 0.3) is 0 Å². The standard InChI is InChI=1S/C29H38N6O2/c1-20-24-10-13-32-26(24)9-8-25(20)34-27-21(18-31-19-22(27)17-30)7-5-6-14-35-15-11-23(12-16-35)33-28(36)37-29(2,3)4/h8-10,13,18-19,23,32H,5-7,11-12,14-16H2,1-4H3,(H,31,34)(H,33,36). The third kappa shape index (κ3) is 7.01. The van der Waals surface area contributed by atoms with Gasteiger partial charge >= 0.3 is 6.09 Å². The highest BCUT2D eigenvalue weighted by atomic mass is 16.6. The summed E-state index contributed by atoms with van der Waals surface area (Å²) in [6, 6.07) is 8.67. The fraction of sp³-hybridized carbons (Fsp3) is 0.483. The van der Waals surface area contributed by atoms with Crippen LogP contribution in [0.15, 0.2) is 36.8 Å². The predicted molar refractivity (Wildman–Crippen MR) is 147 cm³/mol. The van der Waals surface area contributed by atoms with Crippen LogP contribution in [0.3, 0.4) is 0 Å². The molecule has 4 rings (SSSR count). The molecule has 0 atom stereocenters. The summed E-state index contributed by atoms with van der Waals surface area (Å²) in [5.74, 6) is 0. The molecule has 1 saturated heterocycles. The van der Waals surface area contributed by atoms with Crippen molar-refractivity contribution in [2.75, 3.05) is 25.0 Å². The second-order valence-corrected chi connectivity index (χ2v) is 10.9. The van der Waals surface area contributed by atoms with E-state index < -0.39 is 5.60 Å². The van der Waals surface area contributed by atoms with Gasteiger partial charge in [-0.2, -0.15) is 5.26 Å². The van der Waals surface area contributed by atoms with Crippen LogP contribution in [0.2, 0.25) is 0 Å². The number of pyridine rings is 1. The zero-order valence-electron chi connectivity index (χ0n) is 22.4. The summed E-state index contributed by atoms with van der Waals surface area (Å²) >= 11 is 0. The number of nitriles is 1. The number of aromatic nitrogens is 2. The maximum absolute atomic E-state index is 12.0. The van der Waals surface area contributed by atoms with Crippen molar-refractivity contribution in [3.63, 3.8) is 0 Å². The first-order valence-corrected chi connectivity index (χ1v) is 13.2. The second-order valence-electron chi connectivity index (χ2n) is 10.9. The molecule has 8 heteroatoms. The predicted octanol–water partition coefficient (Wildman–Crippen LogP) is 5.80. The van der Waals surface area contributed by atoms with E-state index in [1.165, 1.54) is 5.39 Å². The maximum Gasteiger partial charge on any atom is 0.407 e. The van der Waals surface area contributed by atoms with Crippen molar-refractivity contribution in [3.8, 4) is 6.07 Å². The SMILES string of the molecule is Cc1c(Nc2c(C#N)cncc2CCCCN2CCC(NC(=O)OC(C)(C)C)CC2)ccc2[nH]ccc12. The molecule has 1 fully saturated rings. The fourth-order valence-corrected chi connectivity index (χ4v) is 4.91. The van der Waals surface area contributed by atoms with Gasteiger partial charge in [-0.15, -0.1) is 0 Å². The number of carbonyl (C=O) groups is 1. The third-order valence-electron chi connectivity index (χ3n) is 6.89. The number of unbranched alkanes of at least 4 members (excludes halogenated alkanes) is 1. The topological polar surface area (TPSA) is 106 Å². The van der Waals surface area contributed by atoms with Crippen LogP contribution >= 0.6 is 0 Å². The highest BCUT2D eigenvalue weighted by molar-refractivity contribution is 5.89. The van der Waals surface area contributed by atoms with Gasteiger partial charge in [-0.25, -0.2) is 4.79 Å². The largest absolute Gasteiger partial charge is 0.444 e. The van der Waals surface area contributed by atoms with Crippen LogP contribution in [-0.4, -0.2) is 52.2 Å². The Morgan fingerprint density at radius 1 is 1.22 bits per heavy atom. The van der Waals surface area contributed by atoms with E-state index in [2.05, 4.69) is 56.7 Å². The molecule has 3 N–H and O–H groups in total.